The molecule has 2 aromatic carbocycles. The van der Waals surface area contributed by atoms with E-state index in [1.165, 1.54) is 5.56 Å². The Labute approximate surface area is 193 Å². The Kier molecular flexibility index (Phi) is 7.47. The second-order valence-corrected chi connectivity index (χ2v) is 9.43. The zero-order chi connectivity index (χ0) is 23.4. The predicted molar refractivity (Wildman–Crippen MR) is 124 cm³/mol. The number of hydrogen-bond donors (Lipinski definition) is 1. The Bertz CT molecular complexity index is 946. The highest BCUT2D eigenvalue weighted by molar-refractivity contribution is 5.86. The summed E-state index contributed by atoms with van der Waals surface area (Å²) in [6, 6.07) is 12.7. The first kappa shape index (κ1) is 23.9. The number of benzene rings is 2. The molecule has 0 atom stereocenters. The molecule has 180 valence electrons. The van der Waals surface area contributed by atoms with E-state index in [4.69, 9.17) is 4.74 Å². The molecule has 1 aliphatic carbocycles. The number of anilines is 1. The first-order valence-electron chi connectivity index (χ1n) is 12.1. The molecular formula is C26H33F3N2O2. The van der Waals surface area contributed by atoms with Gasteiger partial charge in [-0.15, -0.1) is 0 Å². The van der Waals surface area contributed by atoms with Crippen LogP contribution in [-0.2, 0) is 16.1 Å². The van der Waals surface area contributed by atoms with Gasteiger partial charge in [-0.05, 0) is 93.1 Å². The number of carbonyl (C=O) groups excluding carboxylic acids is 1. The van der Waals surface area contributed by atoms with Crippen molar-refractivity contribution in [3.63, 3.8) is 0 Å². The molecular weight excluding hydrogens is 429 g/mol. The minimum Gasteiger partial charge on any atom is -0.466 e. The normalized spacial score (nSPS) is 22.9. The van der Waals surface area contributed by atoms with Crippen molar-refractivity contribution in [3.05, 3.63) is 42.0 Å². The summed E-state index contributed by atoms with van der Waals surface area (Å²) >= 11 is 0. The van der Waals surface area contributed by atoms with Crippen molar-refractivity contribution in [2.24, 2.45) is 11.8 Å². The summed E-state index contributed by atoms with van der Waals surface area (Å²) in [6.07, 6.45) is -0.882. The van der Waals surface area contributed by atoms with Gasteiger partial charge in [-0.25, -0.2) is 0 Å². The molecule has 0 aromatic heterocycles. The van der Waals surface area contributed by atoms with Gasteiger partial charge in [0, 0.05) is 18.3 Å². The second kappa shape index (κ2) is 10.3. The quantitative estimate of drug-likeness (QED) is 0.523. The third kappa shape index (κ3) is 6.19. The number of likely N-dealkylation sites (tertiary alicyclic amines) is 1. The molecule has 1 saturated carbocycles. The zero-order valence-corrected chi connectivity index (χ0v) is 19.2. The number of ether oxygens (including phenoxy) is 1. The fourth-order valence-corrected chi connectivity index (χ4v) is 5.13. The summed E-state index contributed by atoms with van der Waals surface area (Å²) in [4.78, 5) is 14.3. The van der Waals surface area contributed by atoms with Gasteiger partial charge >= 0.3 is 12.1 Å². The van der Waals surface area contributed by atoms with Crippen LogP contribution >= 0.6 is 0 Å². The van der Waals surface area contributed by atoms with Crippen molar-refractivity contribution in [3.8, 4) is 0 Å². The van der Waals surface area contributed by atoms with Gasteiger partial charge in [-0.2, -0.15) is 13.2 Å². The Balaban J connectivity index is 1.31. The third-order valence-electron chi connectivity index (χ3n) is 7.08. The molecule has 4 rings (SSSR count). The average molecular weight is 463 g/mol. The van der Waals surface area contributed by atoms with E-state index in [-0.39, 0.29) is 30.8 Å². The van der Waals surface area contributed by atoms with Gasteiger partial charge in [0.05, 0.1) is 18.4 Å². The smallest absolute Gasteiger partial charge is 0.391 e. The average Bonchev–Trinajstić information content (AvgIpc) is 2.79. The lowest BCUT2D eigenvalue weighted by atomic mass is 9.85. The second-order valence-electron chi connectivity index (χ2n) is 9.43. The van der Waals surface area contributed by atoms with E-state index in [0.717, 1.165) is 48.9 Å². The first-order chi connectivity index (χ1) is 15.8. The van der Waals surface area contributed by atoms with Crippen molar-refractivity contribution in [1.82, 2.24) is 4.90 Å². The number of halogens is 3. The van der Waals surface area contributed by atoms with Gasteiger partial charge in [0.25, 0.3) is 0 Å². The summed E-state index contributed by atoms with van der Waals surface area (Å²) in [5, 5.41) is 5.71. The Morgan fingerprint density at radius 2 is 1.67 bits per heavy atom. The number of fused-ring (bicyclic) bond motifs is 1. The molecule has 0 radical (unpaired) electrons. The van der Waals surface area contributed by atoms with Crippen LogP contribution in [-0.4, -0.2) is 42.8 Å². The van der Waals surface area contributed by atoms with E-state index in [2.05, 4.69) is 40.5 Å². The Morgan fingerprint density at radius 3 is 2.33 bits per heavy atom. The lowest BCUT2D eigenvalue weighted by Crippen LogP contribution is -2.36. The van der Waals surface area contributed by atoms with E-state index < -0.39 is 12.1 Å². The van der Waals surface area contributed by atoms with Crippen LogP contribution in [0.5, 0.6) is 0 Å². The summed E-state index contributed by atoms with van der Waals surface area (Å²) in [5.74, 6) is -1.20. The van der Waals surface area contributed by atoms with Crippen LogP contribution in [0.1, 0.15) is 51.0 Å². The molecule has 1 heterocycles. The molecule has 1 aliphatic heterocycles. The molecule has 0 spiro atoms. The fraction of sp³-hybridized carbons (Fsp3) is 0.577. The number of rotatable bonds is 6. The number of carbonyl (C=O) groups is 1. The monoisotopic (exact) mass is 462 g/mol. The minimum absolute atomic E-state index is 0.0206. The van der Waals surface area contributed by atoms with Crippen LogP contribution in [0.25, 0.3) is 10.8 Å². The molecule has 7 heteroatoms. The van der Waals surface area contributed by atoms with E-state index in [9.17, 15) is 18.0 Å². The Hall–Kier alpha value is -2.28. The SMILES string of the molecule is CCOC(=O)C1CCN(Cc2ccc3cc(NC4CCC(C(F)(F)F)CC4)ccc3c2)CC1. The minimum atomic E-state index is -4.07. The molecule has 0 unspecified atom stereocenters. The van der Waals surface area contributed by atoms with E-state index >= 15 is 0 Å². The highest BCUT2D eigenvalue weighted by Gasteiger charge is 2.41. The number of hydrogen-bond acceptors (Lipinski definition) is 4. The van der Waals surface area contributed by atoms with Crippen LogP contribution < -0.4 is 5.32 Å². The van der Waals surface area contributed by atoms with Gasteiger partial charge < -0.3 is 10.1 Å². The number of piperidine rings is 1. The molecule has 2 fully saturated rings. The summed E-state index contributed by atoms with van der Waals surface area (Å²) in [7, 11) is 0. The van der Waals surface area contributed by atoms with Crippen molar-refractivity contribution < 1.29 is 22.7 Å². The van der Waals surface area contributed by atoms with Gasteiger partial charge in [0.1, 0.15) is 0 Å². The maximum absolute atomic E-state index is 12.9. The largest absolute Gasteiger partial charge is 0.466 e. The molecule has 4 nitrogen and oxygen atoms in total. The summed E-state index contributed by atoms with van der Waals surface area (Å²) < 4.78 is 43.8. The summed E-state index contributed by atoms with van der Waals surface area (Å²) in [6.45, 7) is 4.91. The number of esters is 1. The third-order valence-corrected chi connectivity index (χ3v) is 7.08. The van der Waals surface area contributed by atoms with Crippen molar-refractivity contribution >= 4 is 22.4 Å². The molecule has 2 aliphatic rings. The predicted octanol–water partition coefficient (Wildman–Crippen LogP) is 6.15. The fourth-order valence-electron chi connectivity index (χ4n) is 5.13. The van der Waals surface area contributed by atoms with Crippen LogP contribution in [0.3, 0.4) is 0 Å². The van der Waals surface area contributed by atoms with Gasteiger partial charge in [0.2, 0.25) is 0 Å². The topological polar surface area (TPSA) is 41.6 Å². The van der Waals surface area contributed by atoms with Crippen LogP contribution in [0, 0.1) is 11.8 Å². The molecule has 1 saturated heterocycles. The van der Waals surface area contributed by atoms with Crippen LogP contribution in [0.2, 0.25) is 0 Å². The molecule has 33 heavy (non-hydrogen) atoms. The Morgan fingerprint density at radius 1 is 1.00 bits per heavy atom. The standard InChI is InChI=1S/C26H33F3N2O2/c1-2-33-25(32)19-11-13-31(14-12-19)17-18-3-4-21-16-24(8-5-20(21)15-18)30-23-9-6-22(7-10-23)26(27,28)29/h3-5,8,15-16,19,22-23,30H,2,6-7,9-14,17H2,1H3. The van der Waals surface area contributed by atoms with Gasteiger partial charge in [-0.3, -0.25) is 9.69 Å². The molecule has 2 aromatic rings. The van der Waals surface area contributed by atoms with Crippen molar-refractivity contribution in [1.29, 1.82) is 0 Å². The number of nitrogens with one attached hydrogen (secondary N) is 1. The maximum atomic E-state index is 12.9. The highest BCUT2D eigenvalue weighted by atomic mass is 19.4. The molecule has 0 amide bonds. The number of nitrogens with zero attached hydrogens (tertiary/aromatic N) is 1. The first-order valence-corrected chi connectivity index (χ1v) is 12.1. The molecule has 1 N–H and O–H groups in total. The summed E-state index contributed by atoms with van der Waals surface area (Å²) in [5.41, 5.74) is 2.20. The number of alkyl halides is 3. The van der Waals surface area contributed by atoms with E-state index in [0.29, 0.717) is 19.4 Å². The zero-order valence-electron chi connectivity index (χ0n) is 19.2. The highest BCUT2D eigenvalue weighted by Crippen LogP contribution is 2.38. The van der Waals surface area contributed by atoms with Crippen LogP contribution in [0.4, 0.5) is 18.9 Å². The maximum Gasteiger partial charge on any atom is 0.391 e. The van der Waals surface area contributed by atoms with Gasteiger partial charge in [-0.1, -0.05) is 18.2 Å². The van der Waals surface area contributed by atoms with Crippen LogP contribution in [0.15, 0.2) is 36.4 Å². The van der Waals surface area contributed by atoms with E-state index in [1.807, 2.05) is 13.0 Å². The lowest BCUT2D eigenvalue weighted by molar-refractivity contribution is -0.182. The van der Waals surface area contributed by atoms with E-state index in [1.54, 1.807) is 0 Å². The van der Waals surface area contributed by atoms with Crippen molar-refractivity contribution in [2.45, 2.75) is 64.2 Å². The molecule has 0 bridgehead atoms. The van der Waals surface area contributed by atoms with Gasteiger partial charge in [0.15, 0.2) is 0 Å². The lowest BCUT2D eigenvalue weighted by Gasteiger charge is -2.31. The van der Waals surface area contributed by atoms with Crippen molar-refractivity contribution in [2.75, 3.05) is 25.0 Å².